The maximum Gasteiger partial charge on any atom is 0.265 e. The monoisotopic (exact) mass is 350 g/mol. The zero-order valence-corrected chi connectivity index (χ0v) is 14.2. The molecule has 0 unspecified atom stereocenters. The smallest absolute Gasteiger partial charge is 0.265 e. The summed E-state index contributed by atoms with van der Waals surface area (Å²) in [6, 6.07) is 7.22. The molecule has 0 radical (unpaired) electrons. The van der Waals surface area contributed by atoms with Gasteiger partial charge in [-0.25, -0.2) is 4.98 Å². The molecule has 1 aromatic carbocycles. The Kier molecular flexibility index (Phi) is 4.08. The standard InChI is InChI=1S/C15H11ClN2O2S2/c1-18-14(19)13(22-15(18)21)6-8-5-11(16)10-7-9(20-2)3-4-12(10)17-8/h3-7H,1-2H3/b13-6+. The summed E-state index contributed by atoms with van der Waals surface area (Å²) in [6.45, 7) is 0. The van der Waals surface area contributed by atoms with Crippen LogP contribution in [0.15, 0.2) is 29.2 Å². The Balaban J connectivity index is 2.06. The molecule has 1 aliphatic rings. The predicted octanol–water partition coefficient (Wildman–Crippen LogP) is 3.73. The van der Waals surface area contributed by atoms with Crippen molar-refractivity contribution in [3.05, 3.63) is 39.9 Å². The lowest BCUT2D eigenvalue weighted by Crippen LogP contribution is -2.22. The average molecular weight is 351 g/mol. The lowest BCUT2D eigenvalue weighted by molar-refractivity contribution is -0.121. The number of thiocarbonyl (C=S) groups is 1. The summed E-state index contributed by atoms with van der Waals surface area (Å²) in [5.41, 5.74) is 1.36. The highest BCUT2D eigenvalue weighted by molar-refractivity contribution is 8.26. The van der Waals surface area contributed by atoms with Gasteiger partial charge in [-0.05, 0) is 30.3 Å². The van der Waals surface area contributed by atoms with Crippen LogP contribution in [-0.4, -0.2) is 34.3 Å². The Bertz CT molecular complexity index is 836. The van der Waals surface area contributed by atoms with Crippen molar-refractivity contribution >= 4 is 62.8 Å². The summed E-state index contributed by atoms with van der Waals surface area (Å²) in [5, 5.41) is 1.36. The Morgan fingerprint density at radius 1 is 1.41 bits per heavy atom. The van der Waals surface area contributed by atoms with Gasteiger partial charge in [0.25, 0.3) is 5.91 Å². The van der Waals surface area contributed by atoms with Gasteiger partial charge in [-0.1, -0.05) is 35.6 Å². The van der Waals surface area contributed by atoms with Crippen molar-refractivity contribution < 1.29 is 9.53 Å². The fraction of sp³-hybridized carbons (Fsp3) is 0.133. The molecule has 1 amide bonds. The van der Waals surface area contributed by atoms with E-state index < -0.39 is 0 Å². The third-order valence-electron chi connectivity index (χ3n) is 3.25. The molecule has 0 spiro atoms. The number of rotatable bonds is 2. The molecule has 3 rings (SSSR count). The van der Waals surface area contributed by atoms with Crippen LogP contribution in [0.25, 0.3) is 17.0 Å². The minimum Gasteiger partial charge on any atom is -0.497 e. The lowest BCUT2D eigenvalue weighted by atomic mass is 10.2. The normalized spacial score (nSPS) is 16.9. The number of carbonyl (C=O) groups is 1. The SMILES string of the molecule is COc1ccc2nc(/C=C3/SC(=S)N(C)C3=O)cc(Cl)c2c1. The Labute approximate surface area is 142 Å². The first kappa shape index (κ1) is 15.3. The van der Waals surface area contributed by atoms with Crippen molar-refractivity contribution in [2.24, 2.45) is 0 Å². The van der Waals surface area contributed by atoms with Crippen LogP contribution in [0, 0.1) is 0 Å². The molecule has 4 nitrogen and oxygen atoms in total. The first-order valence-corrected chi connectivity index (χ1v) is 7.95. The van der Waals surface area contributed by atoms with Gasteiger partial charge < -0.3 is 4.74 Å². The van der Waals surface area contributed by atoms with Crippen molar-refractivity contribution in [3.8, 4) is 5.75 Å². The molecular formula is C15H11ClN2O2S2. The number of pyridine rings is 1. The molecule has 0 aliphatic carbocycles. The van der Waals surface area contributed by atoms with Crippen LogP contribution in [0.2, 0.25) is 5.02 Å². The number of carbonyl (C=O) groups excluding carboxylic acids is 1. The molecule has 0 bridgehead atoms. The van der Waals surface area contributed by atoms with E-state index in [1.807, 2.05) is 18.2 Å². The predicted molar refractivity (Wildman–Crippen MR) is 94.2 cm³/mol. The van der Waals surface area contributed by atoms with Crippen LogP contribution < -0.4 is 4.74 Å². The van der Waals surface area contributed by atoms with Gasteiger partial charge in [-0.15, -0.1) is 0 Å². The number of thioether (sulfide) groups is 1. The van der Waals surface area contributed by atoms with E-state index in [9.17, 15) is 4.79 Å². The number of fused-ring (bicyclic) bond motifs is 1. The molecule has 0 atom stereocenters. The van der Waals surface area contributed by atoms with Crippen molar-refractivity contribution in [1.82, 2.24) is 9.88 Å². The number of ether oxygens (including phenoxy) is 1. The second-order valence-corrected chi connectivity index (χ2v) is 6.74. The summed E-state index contributed by atoms with van der Waals surface area (Å²) in [4.78, 5) is 18.5. The summed E-state index contributed by atoms with van der Waals surface area (Å²) in [6.07, 6.45) is 1.71. The number of hydrogen-bond acceptors (Lipinski definition) is 5. The van der Waals surface area contributed by atoms with Gasteiger partial charge in [0, 0.05) is 12.4 Å². The van der Waals surface area contributed by atoms with E-state index in [4.69, 9.17) is 28.6 Å². The van der Waals surface area contributed by atoms with Gasteiger partial charge in [0.2, 0.25) is 0 Å². The molecule has 112 valence electrons. The molecule has 2 heterocycles. The van der Waals surface area contributed by atoms with Crippen molar-refractivity contribution in [2.75, 3.05) is 14.2 Å². The number of halogens is 1. The quantitative estimate of drug-likeness (QED) is 0.610. The Hall–Kier alpha value is -1.63. The van der Waals surface area contributed by atoms with Gasteiger partial charge in [-0.3, -0.25) is 9.69 Å². The largest absolute Gasteiger partial charge is 0.497 e. The number of likely N-dealkylation sites (N-methyl/N-ethyl adjacent to an activating group) is 1. The highest BCUT2D eigenvalue weighted by atomic mass is 35.5. The Morgan fingerprint density at radius 3 is 2.82 bits per heavy atom. The van der Waals surface area contributed by atoms with Crippen LogP contribution in [0.1, 0.15) is 5.69 Å². The second kappa shape index (κ2) is 5.87. The number of nitrogens with zero attached hydrogens (tertiary/aromatic N) is 2. The summed E-state index contributed by atoms with van der Waals surface area (Å²) in [5.74, 6) is 0.596. The van der Waals surface area contributed by atoms with Gasteiger partial charge in [0.05, 0.1) is 28.2 Å². The van der Waals surface area contributed by atoms with Crippen LogP contribution in [-0.2, 0) is 4.79 Å². The molecule has 1 aliphatic heterocycles. The summed E-state index contributed by atoms with van der Waals surface area (Å²) < 4.78 is 5.72. The molecule has 2 aromatic rings. The number of aromatic nitrogens is 1. The topological polar surface area (TPSA) is 42.4 Å². The van der Waals surface area contributed by atoms with Crippen LogP contribution >= 0.6 is 35.6 Å². The fourth-order valence-corrected chi connectivity index (χ4v) is 3.49. The lowest BCUT2D eigenvalue weighted by Gasteiger charge is -2.06. The molecule has 22 heavy (non-hydrogen) atoms. The van der Waals surface area contributed by atoms with Crippen molar-refractivity contribution in [2.45, 2.75) is 0 Å². The first-order chi connectivity index (χ1) is 10.5. The fourth-order valence-electron chi connectivity index (χ4n) is 2.06. The maximum atomic E-state index is 12.0. The molecular weight excluding hydrogens is 340 g/mol. The molecule has 0 saturated carbocycles. The van der Waals surface area contributed by atoms with Crippen molar-refractivity contribution in [3.63, 3.8) is 0 Å². The third kappa shape index (κ3) is 2.69. The molecule has 1 saturated heterocycles. The Morgan fingerprint density at radius 2 is 2.18 bits per heavy atom. The van der Waals surface area contributed by atoms with Crippen LogP contribution in [0.3, 0.4) is 0 Å². The first-order valence-electron chi connectivity index (χ1n) is 6.35. The number of benzene rings is 1. The van der Waals surface area contributed by atoms with Gasteiger partial charge >= 0.3 is 0 Å². The summed E-state index contributed by atoms with van der Waals surface area (Å²) >= 11 is 12.7. The maximum absolute atomic E-state index is 12.0. The molecule has 1 aromatic heterocycles. The van der Waals surface area contributed by atoms with E-state index in [0.717, 1.165) is 16.7 Å². The third-order valence-corrected chi connectivity index (χ3v) is 5.05. The number of amides is 1. The highest BCUT2D eigenvalue weighted by Crippen LogP contribution is 2.33. The minimum absolute atomic E-state index is 0.122. The van der Waals surface area contributed by atoms with E-state index in [1.165, 1.54) is 16.7 Å². The van der Waals surface area contributed by atoms with Gasteiger partial charge in [0.1, 0.15) is 10.1 Å². The zero-order valence-electron chi connectivity index (χ0n) is 11.8. The van der Waals surface area contributed by atoms with Gasteiger partial charge in [-0.2, -0.15) is 0 Å². The van der Waals surface area contributed by atoms with Crippen LogP contribution in [0.5, 0.6) is 5.75 Å². The van der Waals surface area contributed by atoms with E-state index in [0.29, 0.717) is 19.9 Å². The second-order valence-electron chi connectivity index (χ2n) is 4.65. The molecule has 7 heteroatoms. The molecule has 1 fully saturated rings. The number of hydrogen-bond donors (Lipinski definition) is 0. The van der Waals surface area contributed by atoms with E-state index in [-0.39, 0.29) is 5.91 Å². The zero-order chi connectivity index (χ0) is 15.9. The summed E-state index contributed by atoms with van der Waals surface area (Å²) in [7, 11) is 3.26. The van der Waals surface area contributed by atoms with E-state index >= 15 is 0 Å². The van der Waals surface area contributed by atoms with Crippen molar-refractivity contribution in [1.29, 1.82) is 0 Å². The minimum atomic E-state index is -0.122. The van der Waals surface area contributed by atoms with E-state index in [2.05, 4.69) is 4.98 Å². The van der Waals surface area contributed by atoms with Crippen LogP contribution in [0.4, 0.5) is 0 Å². The number of methoxy groups -OCH3 is 1. The molecule has 0 N–H and O–H groups in total. The van der Waals surface area contributed by atoms with E-state index in [1.54, 1.807) is 26.3 Å². The highest BCUT2D eigenvalue weighted by Gasteiger charge is 2.28. The van der Waals surface area contributed by atoms with Gasteiger partial charge in [0.15, 0.2) is 0 Å². The average Bonchev–Trinajstić information content (AvgIpc) is 2.74.